The molecule has 19 heavy (non-hydrogen) atoms. The summed E-state index contributed by atoms with van der Waals surface area (Å²) in [5.74, 6) is 0.811. The van der Waals surface area contributed by atoms with Gasteiger partial charge in [0.2, 0.25) is 0 Å². The van der Waals surface area contributed by atoms with Crippen molar-refractivity contribution in [3.8, 4) is 5.75 Å². The standard InChI is InChI=1S/C15H15Cl2NO/c1-9-7-11(19-2)4-5-12(9)15(18)13-8-10(16)3-6-14(13)17/h3-8,15H,18H2,1-2H3. The van der Waals surface area contributed by atoms with E-state index in [1.807, 2.05) is 25.1 Å². The third kappa shape index (κ3) is 3.03. The predicted octanol–water partition coefficient (Wildman–Crippen LogP) is 4.36. The molecule has 2 N–H and O–H groups in total. The zero-order valence-electron chi connectivity index (χ0n) is 10.8. The molecule has 0 saturated carbocycles. The highest BCUT2D eigenvalue weighted by Crippen LogP contribution is 2.31. The molecule has 0 radical (unpaired) electrons. The monoisotopic (exact) mass is 295 g/mol. The molecule has 0 saturated heterocycles. The molecule has 2 rings (SSSR count). The number of hydrogen-bond acceptors (Lipinski definition) is 2. The van der Waals surface area contributed by atoms with Crippen LogP contribution >= 0.6 is 23.2 Å². The lowest BCUT2D eigenvalue weighted by Gasteiger charge is -2.17. The molecule has 1 unspecified atom stereocenters. The Labute approximate surface area is 123 Å². The van der Waals surface area contributed by atoms with Crippen LogP contribution < -0.4 is 10.5 Å². The van der Waals surface area contributed by atoms with Crippen molar-refractivity contribution in [3.63, 3.8) is 0 Å². The van der Waals surface area contributed by atoms with Gasteiger partial charge in [-0.1, -0.05) is 29.3 Å². The van der Waals surface area contributed by atoms with E-state index in [0.717, 1.165) is 22.4 Å². The minimum atomic E-state index is -0.308. The van der Waals surface area contributed by atoms with Crippen LogP contribution in [0, 0.1) is 6.92 Å². The van der Waals surface area contributed by atoms with E-state index >= 15 is 0 Å². The van der Waals surface area contributed by atoms with Crippen LogP contribution in [-0.2, 0) is 0 Å². The van der Waals surface area contributed by atoms with Gasteiger partial charge < -0.3 is 10.5 Å². The number of aryl methyl sites for hydroxylation is 1. The highest BCUT2D eigenvalue weighted by molar-refractivity contribution is 6.33. The molecule has 0 amide bonds. The number of hydrogen-bond donors (Lipinski definition) is 1. The molecule has 0 heterocycles. The van der Waals surface area contributed by atoms with E-state index in [-0.39, 0.29) is 6.04 Å². The van der Waals surface area contributed by atoms with Crippen LogP contribution in [0.2, 0.25) is 10.0 Å². The smallest absolute Gasteiger partial charge is 0.119 e. The Morgan fingerprint density at radius 1 is 1.05 bits per heavy atom. The van der Waals surface area contributed by atoms with Crippen molar-refractivity contribution in [2.24, 2.45) is 5.73 Å². The van der Waals surface area contributed by atoms with Gasteiger partial charge in [0.15, 0.2) is 0 Å². The minimum Gasteiger partial charge on any atom is -0.497 e. The van der Waals surface area contributed by atoms with Crippen molar-refractivity contribution in [2.45, 2.75) is 13.0 Å². The van der Waals surface area contributed by atoms with Crippen molar-refractivity contribution < 1.29 is 4.74 Å². The van der Waals surface area contributed by atoms with Crippen molar-refractivity contribution in [3.05, 3.63) is 63.1 Å². The molecule has 4 heteroatoms. The van der Waals surface area contributed by atoms with Gasteiger partial charge >= 0.3 is 0 Å². The summed E-state index contributed by atoms with van der Waals surface area (Å²) >= 11 is 12.2. The maximum absolute atomic E-state index is 6.29. The summed E-state index contributed by atoms with van der Waals surface area (Å²) in [6.45, 7) is 2.00. The van der Waals surface area contributed by atoms with E-state index in [1.165, 1.54) is 0 Å². The highest BCUT2D eigenvalue weighted by atomic mass is 35.5. The van der Waals surface area contributed by atoms with E-state index in [0.29, 0.717) is 10.0 Å². The second-order valence-corrected chi connectivity index (χ2v) is 5.21. The summed E-state index contributed by atoms with van der Waals surface area (Å²) in [5.41, 5.74) is 9.18. The first-order valence-electron chi connectivity index (χ1n) is 5.88. The van der Waals surface area contributed by atoms with Crippen LogP contribution in [0.25, 0.3) is 0 Å². The fraction of sp³-hybridized carbons (Fsp3) is 0.200. The number of ether oxygens (including phenoxy) is 1. The van der Waals surface area contributed by atoms with Crippen molar-refractivity contribution in [1.29, 1.82) is 0 Å². The van der Waals surface area contributed by atoms with Gasteiger partial charge in [0, 0.05) is 10.0 Å². The molecule has 0 aliphatic heterocycles. The fourth-order valence-corrected chi connectivity index (χ4v) is 2.46. The molecular weight excluding hydrogens is 281 g/mol. The maximum atomic E-state index is 6.29. The van der Waals surface area contributed by atoms with Crippen LogP contribution in [0.1, 0.15) is 22.7 Å². The fourth-order valence-electron chi connectivity index (χ4n) is 2.04. The molecule has 100 valence electrons. The first-order valence-corrected chi connectivity index (χ1v) is 6.63. The highest BCUT2D eigenvalue weighted by Gasteiger charge is 2.15. The summed E-state index contributed by atoms with van der Waals surface area (Å²) in [6.07, 6.45) is 0. The van der Waals surface area contributed by atoms with Gasteiger partial charge in [-0.15, -0.1) is 0 Å². The molecule has 0 spiro atoms. The van der Waals surface area contributed by atoms with Crippen LogP contribution in [0.5, 0.6) is 5.75 Å². The largest absolute Gasteiger partial charge is 0.497 e. The summed E-state index contributed by atoms with van der Waals surface area (Å²) < 4.78 is 5.19. The lowest BCUT2D eigenvalue weighted by molar-refractivity contribution is 0.414. The Morgan fingerprint density at radius 3 is 2.42 bits per heavy atom. The number of nitrogens with two attached hydrogens (primary N) is 1. The van der Waals surface area contributed by atoms with Crippen molar-refractivity contribution >= 4 is 23.2 Å². The Morgan fingerprint density at radius 2 is 1.79 bits per heavy atom. The molecule has 0 aliphatic carbocycles. The molecule has 2 nitrogen and oxygen atoms in total. The normalized spacial score (nSPS) is 12.3. The Bertz CT molecular complexity index is 599. The summed E-state index contributed by atoms with van der Waals surface area (Å²) in [7, 11) is 1.64. The summed E-state index contributed by atoms with van der Waals surface area (Å²) in [5, 5.41) is 1.24. The zero-order valence-corrected chi connectivity index (χ0v) is 12.3. The molecule has 0 aliphatic rings. The quantitative estimate of drug-likeness (QED) is 0.913. The molecule has 0 bridgehead atoms. The lowest BCUT2D eigenvalue weighted by Crippen LogP contribution is -2.13. The molecular formula is C15H15Cl2NO. The molecule has 2 aromatic carbocycles. The molecule has 2 aromatic rings. The van der Waals surface area contributed by atoms with Gasteiger partial charge in [-0.05, 0) is 53.9 Å². The van der Waals surface area contributed by atoms with Gasteiger partial charge in [0.05, 0.1) is 13.2 Å². The average Bonchev–Trinajstić information content (AvgIpc) is 2.40. The van der Waals surface area contributed by atoms with Crippen molar-refractivity contribution in [2.75, 3.05) is 7.11 Å². The van der Waals surface area contributed by atoms with E-state index in [9.17, 15) is 0 Å². The van der Waals surface area contributed by atoms with Crippen LogP contribution in [0.4, 0.5) is 0 Å². The molecule has 0 aromatic heterocycles. The predicted molar refractivity (Wildman–Crippen MR) is 80.2 cm³/mol. The van der Waals surface area contributed by atoms with Crippen LogP contribution in [0.3, 0.4) is 0 Å². The number of benzene rings is 2. The van der Waals surface area contributed by atoms with E-state index in [4.69, 9.17) is 33.7 Å². The van der Waals surface area contributed by atoms with E-state index in [2.05, 4.69) is 0 Å². The lowest BCUT2D eigenvalue weighted by atomic mass is 9.95. The Hall–Kier alpha value is -1.22. The Balaban J connectivity index is 2.43. The number of halogens is 2. The zero-order chi connectivity index (χ0) is 14.0. The number of methoxy groups -OCH3 is 1. The second kappa shape index (κ2) is 5.83. The van der Waals surface area contributed by atoms with Crippen molar-refractivity contribution in [1.82, 2.24) is 0 Å². The second-order valence-electron chi connectivity index (χ2n) is 4.37. The first-order chi connectivity index (χ1) is 9.02. The summed E-state index contributed by atoms with van der Waals surface area (Å²) in [4.78, 5) is 0. The SMILES string of the molecule is COc1ccc(C(N)c2cc(Cl)ccc2Cl)c(C)c1. The van der Waals surface area contributed by atoms with Gasteiger partial charge in [-0.3, -0.25) is 0 Å². The van der Waals surface area contributed by atoms with Gasteiger partial charge in [0.25, 0.3) is 0 Å². The third-order valence-corrected chi connectivity index (χ3v) is 3.68. The van der Waals surface area contributed by atoms with Crippen LogP contribution in [-0.4, -0.2) is 7.11 Å². The first kappa shape index (κ1) is 14.2. The average molecular weight is 296 g/mol. The van der Waals surface area contributed by atoms with Gasteiger partial charge in [-0.2, -0.15) is 0 Å². The van der Waals surface area contributed by atoms with Gasteiger partial charge in [-0.25, -0.2) is 0 Å². The maximum Gasteiger partial charge on any atom is 0.119 e. The molecule has 0 fully saturated rings. The Kier molecular flexibility index (Phi) is 4.35. The minimum absolute atomic E-state index is 0.308. The van der Waals surface area contributed by atoms with E-state index < -0.39 is 0 Å². The van der Waals surface area contributed by atoms with Crippen LogP contribution in [0.15, 0.2) is 36.4 Å². The third-order valence-electron chi connectivity index (χ3n) is 3.11. The van der Waals surface area contributed by atoms with Gasteiger partial charge in [0.1, 0.15) is 5.75 Å². The van der Waals surface area contributed by atoms with E-state index in [1.54, 1.807) is 25.3 Å². The number of rotatable bonds is 3. The molecule has 1 atom stereocenters. The topological polar surface area (TPSA) is 35.2 Å². The summed E-state index contributed by atoms with van der Waals surface area (Å²) in [6, 6.07) is 10.8.